The number of hydrogen-bond donors (Lipinski definition) is 0. The van der Waals surface area contributed by atoms with E-state index in [1.54, 1.807) is 0 Å². The van der Waals surface area contributed by atoms with Gasteiger partial charge in [0, 0.05) is 28.3 Å². The molecular formula is C25H21N3S. The number of aromatic nitrogens is 2. The normalized spacial score (nSPS) is 12.6. The van der Waals surface area contributed by atoms with Crippen LogP contribution in [-0.4, -0.2) is 9.55 Å². The molecule has 0 saturated heterocycles. The van der Waals surface area contributed by atoms with Crippen molar-refractivity contribution in [2.24, 2.45) is 0 Å². The molecule has 1 heterocycles. The van der Waals surface area contributed by atoms with Gasteiger partial charge in [-0.15, -0.1) is 0 Å². The molecular weight excluding hydrogens is 374 g/mol. The third-order valence-electron chi connectivity index (χ3n) is 5.36. The van der Waals surface area contributed by atoms with Crippen LogP contribution < -0.4 is 4.90 Å². The fraction of sp³-hybridized carbons (Fsp3) is 0.120. The summed E-state index contributed by atoms with van der Waals surface area (Å²) in [5.41, 5.74) is 5.73. The van der Waals surface area contributed by atoms with E-state index in [4.69, 9.17) is 17.2 Å². The Morgan fingerprint density at radius 3 is 1.86 bits per heavy atom. The quantitative estimate of drug-likeness (QED) is 0.365. The maximum Gasteiger partial charge on any atom is 0.221 e. The van der Waals surface area contributed by atoms with Gasteiger partial charge in [-0.1, -0.05) is 66.8 Å². The molecule has 0 aliphatic heterocycles. The number of rotatable bonds is 4. The van der Waals surface area contributed by atoms with E-state index in [9.17, 15) is 0 Å². The van der Waals surface area contributed by atoms with E-state index in [2.05, 4.69) is 82.3 Å². The Bertz CT molecular complexity index is 1150. The van der Waals surface area contributed by atoms with E-state index in [0.29, 0.717) is 0 Å². The largest absolute Gasteiger partial charge is 0.284 e. The van der Waals surface area contributed by atoms with Crippen molar-refractivity contribution in [2.45, 2.75) is 19.3 Å². The lowest BCUT2D eigenvalue weighted by Gasteiger charge is -2.29. The monoisotopic (exact) mass is 395 g/mol. The van der Waals surface area contributed by atoms with Crippen LogP contribution in [0.1, 0.15) is 17.7 Å². The van der Waals surface area contributed by atoms with Crippen LogP contribution in [0.2, 0.25) is 0 Å². The van der Waals surface area contributed by atoms with Gasteiger partial charge in [0.25, 0.3) is 0 Å². The average molecular weight is 396 g/mol. The summed E-state index contributed by atoms with van der Waals surface area (Å²) < 4.78 is 3.01. The molecule has 0 bridgehead atoms. The summed E-state index contributed by atoms with van der Waals surface area (Å²) in [6.45, 7) is 0. The van der Waals surface area contributed by atoms with Gasteiger partial charge in [0.2, 0.25) is 5.95 Å². The summed E-state index contributed by atoms with van der Waals surface area (Å²) in [4.78, 5) is 7.17. The van der Waals surface area contributed by atoms with Gasteiger partial charge in [-0.25, -0.2) is 4.98 Å². The first-order valence-corrected chi connectivity index (χ1v) is 10.3. The van der Waals surface area contributed by atoms with Gasteiger partial charge in [-0.05, 0) is 55.7 Å². The fourth-order valence-electron chi connectivity index (χ4n) is 4.07. The van der Waals surface area contributed by atoms with Crippen LogP contribution >= 0.6 is 12.2 Å². The zero-order valence-electron chi connectivity index (χ0n) is 16.0. The van der Waals surface area contributed by atoms with Crippen LogP contribution in [0.15, 0.2) is 91.0 Å². The molecule has 142 valence electrons. The Kier molecular flexibility index (Phi) is 4.70. The molecule has 3 aromatic carbocycles. The number of fused-ring (bicyclic) bond motifs is 1. The number of hydrogen-bond acceptors (Lipinski definition) is 3. The number of nitrogens with zero attached hydrogens (tertiary/aromatic N) is 3. The highest BCUT2D eigenvalue weighted by Crippen LogP contribution is 2.37. The van der Waals surface area contributed by atoms with Gasteiger partial charge in [-0.2, -0.15) is 0 Å². The molecule has 4 heteroatoms. The molecule has 0 amide bonds. The van der Waals surface area contributed by atoms with Gasteiger partial charge < -0.3 is 0 Å². The predicted molar refractivity (Wildman–Crippen MR) is 121 cm³/mol. The zero-order valence-corrected chi connectivity index (χ0v) is 16.8. The lowest BCUT2D eigenvalue weighted by atomic mass is 10.2. The molecule has 0 N–H and O–H groups in total. The predicted octanol–water partition coefficient (Wildman–Crippen LogP) is 6.56. The Morgan fingerprint density at radius 1 is 0.724 bits per heavy atom. The highest BCUT2D eigenvalue weighted by molar-refractivity contribution is 7.71. The van der Waals surface area contributed by atoms with Crippen LogP contribution in [-0.2, 0) is 12.8 Å². The molecule has 1 aliphatic rings. The molecule has 1 aromatic heterocycles. The third kappa shape index (κ3) is 3.26. The van der Waals surface area contributed by atoms with Crippen molar-refractivity contribution in [3.8, 4) is 5.69 Å². The Balaban J connectivity index is 1.84. The molecule has 0 unspecified atom stereocenters. The molecule has 0 saturated carbocycles. The summed E-state index contributed by atoms with van der Waals surface area (Å²) in [5.74, 6) is 0.833. The number of para-hydroxylation sites is 3. The van der Waals surface area contributed by atoms with Gasteiger partial charge in [0.1, 0.15) is 4.64 Å². The zero-order chi connectivity index (χ0) is 19.6. The lowest BCUT2D eigenvalue weighted by Crippen LogP contribution is -2.20. The van der Waals surface area contributed by atoms with Crippen LogP contribution in [0.3, 0.4) is 0 Å². The average Bonchev–Trinajstić information content (AvgIpc) is 3.27. The maximum atomic E-state index is 5.74. The first-order chi connectivity index (χ1) is 14.3. The van der Waals surface area contributed by atoms with E-state index in [0.717, 1.165) is 46.9 Å². The van der Waals surface area contributed by atoms with Gasteiger partial charge in [-0.3, -0.25) is 9.47 Å². The summed E-state index contributed by atoms with van der Waals surface area (Å²) in [6, 6.07) is 31.2. The van der Waals surface area contributed by atoms with Gasteiger partial charge >= 0.3 is 0 Å². The van der Waals surface area contributed by atoms with Gasteiger partial charge in [0.15, 0.2) is 0 Å². The molecule has 29 heavy (non-hydrogen) atoms. The van der Waals surface area contributed by atoms with Crippen molar-refractivity contribution >= 4 is 29.5 Å². The summed E-state index contributed by atoms with van der Waals surface area (Å²) in [6.07, 6.45) is 3.14. The van der Waals surface area contributed by atoms with Crippen molar-refractivity contribution in [1.29, 1.82) is 0 Å². The van der Waals surface area contributed by atoms with Crippen molar-refractivity contribution in [2.75, 3.05) is 4.90 Å². The molecule has 0 fully saturated rings. The third-order valence-corrected chi connectivity index (χ3v) is 5.70. The van der Waals surface area contributed by atoms with E-state index in [1.807, 2.05) is 18.2 Å². The number of anilines is 3. The molecule has 4 aromatic rings. The Labute approximate surface area is 175 Å². The summed E-state index contributed by atoms with van der Waals surface area (Å²) in [7, 11) is 0. The van der Waals surface area contributed by atoms with Crippen molar-refractivity contribution in [3.05, 3.63) is 107 Å². The SMILES string of the molecule is S=c1nc(N(c2ccccc2)c2ccccc2)n(-c2ccccc2)c2c1CCC2. The molecule has 0 radical (unpaired) electrons. The minimum absolute atomic E-state index is 0.719. The van der Waals surface area contributed by atoms with Crippen molar-refractivity contribution in [3.63, 3.8) is 0 Å². The van der Waals surface area contributed by atoms with E-state index < -0.39 is 0 Å². The highest BCUT2D eigenvalue weighted by Gasteiger charge is 2.25. The smallest absolute Gasteiger partial charge is 0.221 e. The second-order valence-corrected chi connectivity index (χ2v) is 7.56. The molecule has 0 spiro atoms. The molecule has 0 atom stereocenters. The van der Waals surface area contributed by atoms with Crippen LogP contribution in [0.4, 0.5) is 17.3 Å². The van der Waals surface area contributed by atoms with E-state index in [-0.39, 0.29) is 0 Å². The molecule has 1 aliphatic carbocycles. The highest BCUT2D eigenvalue weighted by atomic mass is 32.1. The van der Waals surface area contributed by atoms with Crippen LogP contribution in [0, 0.1) is 4.64 Å². The van der Waals surface area contributed by atoms with Crippen molar-refractivity contribution < 1.29 is 0 Å². The standard InChI is InChI=1S/C25H21N3S/c29-24-22-17-10-18-23(22)28(21-15-8-3-9-16-21)25(26-24)27(19-11-4-1-5-12-19)20-13-6-2-7-14-20/h1-9,11-16H,10,17-18H2. The Hall–Kier alpha value is -3.24. The topological polar surface area (TPSA) is 21.1 Å². The maximum absolute atomic E-state index is 5.74. The van der Waals surface area contributed by atoms with Crippen LogP contribution in [0.5, 0.6) is 0 Å². The van der Waals surface area contributed by atoms with Crippen molar-refractivity contribution in [1.82, 2.24) is 9.55 Å². The first-order valence-electron chi connectivity index (χ1n) is 9.93. The summed E-state index contributed by atoms with van der Waals surface area (Å²) in [5, 5.41) is 0. The number of benzene rings is 3. The minimum Gasteiger partial charge on any atom is -0.284 e. The second-order valence-electron chi connectivity index (χ2n) is 7.17. The Morgan fingerprint density at radius 2 is 1.28 bits per heavy atom. The summed E-state index contributed by atoms with van der Waals surface area (Å²) >= 11 is 5.74. The van der Waals surface area contributed by atoms with E-state index in [1.165, 1.54) is 11.3 Å². The lowest BCUT2D eigenvalue weighted by molar-refractivity contribution is 0.850. The van der Waals surface area contributed by atoms with Gasteiger partial charge in [0.05, 0.1) is 0 Å². The fourth-order valence-corrected chi connectivity index (χ4v) is 4.37. The first kappa shape index (κ1) is 17.8. The molecule has 3 nitrogen and oxygen atoms in total. The minimum atomic E-state index is 0.719. The van der Waals surface area contributed by atoms with E-state index >= 15 is 0 Å². The van der Waals surface area contributed by atoms with Crippen LogP contribution in [0.25, 0.3) is 5.69 Å². The second kappa shape index (κ2) is 7.64. The molecule has 5 rings (SSSR count).